The fourth-order valence-electron chi connectivity index (χ4n) is 3.65. The molecule has 0 aromatic heterocycles. The lowest BCUT2D eigenvalue weighted by Gasteiger charge is -2.32. The molecule has 1 aliphatic carbocycles. The molecule has 0 unspecified atom stereocenters. The zero-order valence-electron chi connectivity index (χ0n) is 13.5. The normalized spacial score (nSPS) is 25.7. The molecule has 2 atom stereocenters. The van der Waals surface area contributed by atoms with E-state index in [1.165, 1.54) is 44.9 Å². The number of hydrogen-bond donors (Lipinski definition) is 0. The van der Waals surface area contributed by atoms with Gasteiger partial charge in [-0.15, -0.1) is 0 Å². The minimum Gasteiger partial charge on any atom is -0.339 e. The average Bonchev–Trinajstić information content (AvgIpc) is 2.97. The van der Waals surface area contributed by atoms with Crippen LogP contribution in [0.2, 0.25) is 0 Å². The molecule has 0 bridgehead atoms. The van der Waals surface area contributed by atoms with Gasteiger partial charge in [0.1, 0.15) is 0 Å². The van der Waals surface area contributed by atoms with Gasteiger partial charge in [0, 0.05) is 19.9 Å². The fraction of sp³-hybridized carbons (Fsp3) is 0.941. The summed E-state index contributed by atoms with van der Waals surface area (Å²) < 4.78 is 0. The first-order valence-corrected chi connectivity index (χ1v) is 8.54. The second-order valence-corrected chi connectivity index (χ2v) is 5.92. The monoisotopic (exact) mass is 269 g/mol. The summed E-state index contributed by atoms with van der Waals surface area (Å²) in [7, 11) is 0. The van der Waals surface area contributed by atoms with Gasteiger partial charge in [-0.3, -0.25) is 4.79 Å². The molecule has 2 nitrogen and oxygen atoms in total. The highest BCUT2D eigenvalue weighted by Crippen LogP contribution is 2.32. The quantitative estimate of drug-likeness (QED) is 0.715. The largest absolute Gasteiger partial charge is 0.339 e. The molecule has 1 saturated carbocycles. The van der Waals surface area contributed by atoms with E-state index in [0.717, 1.165) is 13.0 Å². The predicted octanol–water partition coefficient (Wildman–Crippen LogP) is 4.88. The van der Waals surface area contributed by atoms with E-state index in [-0.39, 0.29) is 7.34 Å². The van der Waals surface area contributed by atoms with Crippen LogP contribution in [0.4, 0.5) is 0 Å². The van der Waals surface area contributed by atoms with Gasteiger partial charge in [-0.1, -0.05) is 47.0 Å². The van der Waals surface area contributed by atoms with Crippen molar-refractivity contribution in [2.45, 2.75) is 85.1 Å². The van der Waals surface area contributed by atoms with E-state index in [0.29, 0.717) is 17.9 Å². The summed E-state index contributed by atoms with van der Waals surface area (Å²) in [6.07, 6.45) is 10.1. The van der Waals surface area contributed by atoms with E-state index in [1.54, 1.807) is 0 Å². The highest BCUT2D eigenvalue weighted by molar-refractivity contribution is 5.79. The third-order valence-corrected chi connectivity index (χ3v) is 4.88. The van der Waals surface area contributed by atoms with Crippen molar-refractivity contribution in [3.8, 4) is 0 Å². The molecule has 0 radical (unpaired) electrons. The van der Waals surface area contributed by atoms with Gasteiger partial charge in [0.05, 0.1) is 0 Å². The first-order chi connectivity index (χ1) is 9.24. The van der Waals surface area contributed by atoms with E-state index in [4.69, 9.17) is 0 Å². The van der Waals surface area contributed by atoms with Crippen molar-refractivity contribution < 1.29 is 6.22 Å². The van der Waals surface area contributed by atoms with E-state index in [9.17, 15) is 4.79 Å². The fourth-order valence-corrected chi connectivity index (χ4v) is 3.65. The van der Waals surface area contributed by atoms with Crippen LogP contribution in [0, 0.1) is 11.8 Å². The van der Waals surface area contributed by atoms with Crippen molar-refractivity contribution in [1.29, 1.82) is 0 Å². The van der Waals surface area contributed by atoms with Gasteiger partial charge in [-0.2, -0.15) is 0 Å². The lowest BCUT2D eigenvalue weighted by Crippen LogP contribution is -2.41. The molecular formula is C17H35NO. The van der Waals surface area contributed by atoms with Crippen molar-refractivity contribution in [2.75, 3.05) is 6.54 Å². The van der Waals surface area contributed by atoms with Gasteiger partial charge in [0.15, 0.2) is 0 Å². The summed E-state index contributed by atoms with van der Waals surface area (Å²) in [5, 5.41) is 0. The van der Waals surface area contributed by atoms with Gasteiger partial charge in [-0.05, 0) is 38.0 Å². The van der Waals surface area contributed by atoms with E-state index < -0.39 is 0 Å². The lowest BCUT2D eigenvalue weighted by molar-refractivity contribution is -0.138. The van der Waals surface area contributed by atoms with E-state index in [2.05, 4.69) is 18.7 Å². The Morgan fingerprint density at radius 3 is 2.37 bits per heavy atom. The Labute approximate surface area is 121 Å². The van der Waals surface area contributed by atoms with Crippen molar-refractivity contribution in [2.24, 2.45) is 11.8 Å². The SMILES string of the molecule is CC.CC[C@@H]1CCCN1C(=O)[C@@H](C)C1CCCCC1.[HH]. The van der Waals surface area contributed by atoms with Crippen molar-refractivity contribution in [3.63, 3.8) is 0 Å². The number of rotatable bonds is 3. The van der Waals surface area contributed by atoms with Crippen LogP contribution in [-0.4, -0.2) is 23.4 Å². The Morgan fingerprint density at radius 2 is 1.79 bits per heavy atom. The third-order valence-electron chi connectivity index (χ3n) is 4.88. The smallest absolute Gasteiger partial charge is 0.225 e. The maximum absolute atomic E-state index is 12.5. The van der Waals surface area contributed by atoms with Crippen LogP contribution in [0.3, 0.4) is 0 Å². The summed E-state index contributed by atoms with van der Waals surface area (Å²) in [6.45, 7) is 9.39. The third kappa shape index (κ3) is 4.22. The molecule has 1 heterocycles. The molecule has 0 N–H and O–H groups in total. The molecule has 2 heteroatoms. The number of nitrogens with zero attached hydrogens (tertiary/aromatic N) is 1. The molecule has 2 aliphatic rings. The molecule has 114 valence electrons. The lowest BCUT2D eigenvalue weighted by atomic mass is 9.80. The maximum atomic E-state index is 12.5. The second-order valence-electron chi connectivity index (χ2n) is 5.92. The van der Waals surface area contributed by atoms with Gasteiger partial charge in [-0.25, -0.2) is 0 Å². The number of carbonyl (C=O) groups excluding carboxylic acids is 1. The minimum absolute atomic E-state index is 0. The minimum atomic E-state index is 0. The van der Waals surface area contributed by atoms with Gasteiger partial charge >= 0.3 is 0 Å². The maximum Gasteiger partial charge on any atom is 0.225 e. The van der Waals surface area contributed by atoms with Crippen LogP contribution in [0.25, 0.3) is 0 Å². The molecule has 1 amide bonds. The Kier molecular flexibility index (Phi) is 7.48. The first-order valence-electron chi connectivity index (χ1n) is 8.54. The molecule has 0 aromatic carbocycles. The van der Waals surface area contributed by atoms with Crippen LogP contribution < -0.4 is 0 Å². The van der Waals surface area contributed by atoms with Gasteiger partial charge in [0.25, 0.3) is 0 Å². The average molecular weight is 269 g/mol. The molecule has 0 aromatic rings. The van der Waals surface area contributed by atoms with Crippen LogP contribution in [0.1, 0.15) is 80.5 Å². The van der Waals surface area contributed by atoms with Crippen LogP contribution in [0.15, 0.2) is 0 Å². The number of likely N-dealkylation sites (tertiary alicyclic amines) is 1. The summed E-state index contributed by atoms with van der Waals surface area (Å²) in [6, 6.07) is 0.536. The zero-order chi connectivity index (χ0) is 14.3. The van der Waals surface area contributed by atoms with Crippen molar-refractivity contribution >= 4 is 5.91 Å². The summed E-state index contributed by atoms with van der Waals surface area (Å²) in [5.41, 5.74) is 0. The van der Waals surface area contributed by atoms with E-state index in [1.807, 2.05) is 13.8 Å². The number of amides is 1. The Balaban J connectivity index is 0.00000115. The molecule has 2 fully saturated rings. The topological polar surface area (TPSA) is 20.3 Å². The first kappa shape index (κ1) is 16.5. The summed E-state index contributed by atoms with van der Waals surface area (Å²) >= 11 is 0. The molecule has 2 rings (SSSR count). The van der Waals surface area contributed by atoms with Crippen LogP contribution >= 0.6 is 0 Å². The second kappa shape index (κ2) is 8.60. The summed E-state index contributed by atoms with van der Waals surface area (Å²) in [5.74, 6) is 1.37. The Bertz CT molecular complexity index is 264. The molecule has 1 saturated heterocycles. The van der Waals surface area contributed by atoms with Crippen LogP contribution in [0.5, 0.6) is 0 Å². The standard InChI is InChI=1S/C15H27NO.C2H6.H2/c1-3-14-10-7-11-16(14)15(17)12(2)13-8-5-4-6-9-13;1-2;/h12-14H,3-11H2,1-2H3;1-2H3;1H/t12-,14+;;/m0../s1. The Hall–Kier alpha value is -0.530. The zero-order valence-corrected chi connectivity index (χ0v) is 13.5. The predicted molar refractivity (Wildman–Crippen MR) is 84.2 cm³/mol. The van der Waals surface area contributed by atoms with E-state index >= 15 is 0 Å². The molecule has 0 spiro atoms. The number of hydrogen-bond acceptors (Lipinski definition) is 1. The summed E-state index contributed by atoms with van der Waals surface area (Å²) in [4.78, 5) is 14.7. The molecule has 19 heavy (non-hydrogen) atoms. The van der Waals surface area contributed by atoms with Gasteiger partial charge < -0.3 is 4.90 Å². The van der Waals surface area contributed by atoms with Crippen molar-refractivity contribution in [3.05, 3.63) is 0 Å². The highest BCUT2D eigenvalue weighted by Gasteiger charge is 2.33. The van der Waals surface area contributed by atoms with Gasteiger partial charge in [0.2, 0.25) is 5.91 Å². The van der Waals surface area contributed by atoms with Crippen LogP contribution in [-0.2, 0) is 4.79 Å². The van der Waals surface area contributed by atoms with Crippen molar-refractivity contribution in [1.82, 2.24) is 4.90 Å². The highest BCUT2D eigenvalue weighted by atomic mass is 16.2. The molecule has 1 aliphatic heterocycles. The number of carbonyl (C=O) groups is 1. The Morgan fingerprint density at radius 1 is 1.16 bits per heavy atom. The molecular weight excluding hydrogens is 234 g/mol.